The zero-order valence-electron chi connectivity index (χ0n) is 16.8. The maximum absolute atomic E-state index is 12.3. The number of piperazine rings is 1. The number of pyridine rings is 1. The number of carbonyl (C=O) groups is 2. The van der Waals surface area contributed by atoms with Crippen molar-refractivity contribution in [1.29, 1.82) is 0 Å². The molecule has 1 aliphatic heterocycles. The highest BCUT2D eigenvalue weighted by Crippen LogP contribution is 2.25. The van der Waals surface area contributed by atoms with Gasteiger partial charge >= 0.3 is 5.97 Å². The van der Waals surface area contributed by atoms with Crippen molar-refractivity contribution in [2.45, 2.75) is 6.92 Å². The summed E-state index contributed by atoms with van der Waals surface area (Å²) in [6.45, 7) is 4.44. The van der Waals surface area contributed by atoms with Crippen molar-refractivity contribution in [2.75, 3.05) is 37.7 Å². The molecule has 2 heterocycles. The predicted molar refractivity (Wildman–Crippen MR) is 128 cm³/mol. The molecular weight excluding hydrogens is 456 g/mol. The summed E-state index contributed by atoms with van der Waals surface area (Å²) in [5, 5.41) is 3.07. The molecule has 0 radical (unpaired) electrons. The Morgan fingerprint density at radius 2 is 1.81 bits per heavy atom. The standard InChI is InChI=1S/C21H21ClN4O3S2/c1-2-29-21(28)15-12-16(22)17(23-13-15)25-8-10-26(11-9-25)20(31)19(30)24-18(27)14-6-4-3-5-7-14/h3-7,12-13H,2,8-11H2,1H3,(H,24,27,30). The van der Waals surface area contributed by atoms with Crippen molar-refractivity contribution >= 4 is 63.7 Å². The van der Waals surface area contributed by atoms with E-state index in [1.165, 1.54) is 6.20 Å². The van der Waals surface area contributed by atoms with Crippen LogP contribution >= 0.6 is 36.0 Å². The molecule has 0 aliphatic carbocycles. The summed E-state index contributed by atoms with van der Waals surface area (Å²) in [7, 11) is 0. The first kappa shape index (κ1) is 23.1. The number of nitrogens with one attached hydrogen (secondary N) is 1. The molecule has 1 aromatic heterocycles. The molecule has 1 aromatic carbocycles. The van der Waals surface area contributed by atoms with Crippen LogP contribution < -0.4 is 10.2 Å². The summed E-state index contributed by atoms with van der Waals surface area (Å²) in [5.74, 6) is -0.144. The summed E-state index contributed by atoms with van der Waals surface area (Å²) in [5.41, 5.74) is 0.833. The van der Waals surface area contributed by atoms with Crippen LogP contribution in [0.15, 0.2) is 42.6 Å². The van der Waals surface area contributed by atoms with Crippen LogP contribution in [-0.2, 0) is 4.74 Å². The highest BCUT2D eigenvalue weighted by atomic mass is 35.5. The first-order valence-corrected chi connectivity index (χ1v) is 10.9. The third-order valence-electron chi connectivity index (χ3n) is 4.66. The molecular formula is C21H21ClN4O3S2. The summed E-state index contributed by atoms with van der Waals surface area (Å²) in [6.07, 6.45) is 1.46. The number of halogens is 1. The molecule has 7 nitrogen and oxygen atoms in total. The maximum atomic E-state index is 12.3. The number of carbonyl (C=O) groups excluding carboxylic acids is 2. The molecule has 162 valence electrons. The third-order valence-corrected chi connectivity index (χ3v) is 5.82. The highest BCUT2D eigenvalue weighted by Gasteiger charge is 2.24. The van der Waals surface area contributed by atoms with Crippen LogP contribution in [0, 0.1) is 0 Å². The second-order valence-corrected chi connectivity index (χ2v) is 7.88. The van der Waals surface area contributed by atoms with Gasteiger partial charge < -0.3 is 19.9 Å². The first-order chi connectivity index (χ1) is 14.9. The van der Waals surface area contributed by atoms with E-state index >= 15 is 0 Å². The smallest absolute Gasteiger partial charge is 0.339 e. The van der Waals surface area contributed by atoms with E-state index in [9.17, 15) is 9.59 Å². The fourth-order valence-corrected chi connectivity index (χ4v) is 3.81. The number of amides is 1. The average Bonchev–Trinajstić information content (AvgIpc) is 2.79. The van der Waals surface area contributed by atoms with Crippen molar-refractivity contribution in [3.8, 4) is 0 Å². The van der Waals surface area contributed by atoms with Gasteiger partial charge in [-0.05, 0) is 25.1 Å². The zero-order chi connectivity index (χ0) is 22.4. The molecule has 0 bridgehead atoms. The Kier molecular flexibility index (Phi) is 7.89. The van der Waals surface area contributed by atoms with Gasteiger partial charge in [0.1, 0.15) is 15.8 Å². The number of thiocarbonyl (C=S) groups is 2. The molecule has 3 rings (SSSR count). The SMILES string of the molecule is CCOC(=O)c1cnc(N2CCN(C(=S)C(=S)NC(=O)c3ccccc3)CC2)c(Cl)c1. The Hall–Kier alpha value is -2.62. The van der Waals surface area contributed by atoms with Crippen LogP contribution in [0.1, 0.15) is 27.6 Å². The van der Waals surface area contributed by atoms with Gasteiger partial charge in [-0.1, -0.05) is 54.2 Å². The molecule has 1 amide bonds. The molecule has 0 atom stereocenters. The van der Waals surface area contributed by atoms with E-state index in [1.54, 1.807) is 37.3 Å². The van der Waals surface area contributed by atoms with Crippen LogP contribution in [0.2, 0.25) is 5.02 Å². The molecule has 2 aromatic rings. The van der Waals surface area contributed by atoms with Gasteiger partial charge in [0.05, 0.1) is 17.2 Å². The van der Waals surface area contributed by atoms with Gasteiger partial charge in [0.25, 0.3) is 5.91 Å². The lowest BCUT2D eigenvalue weighted by Gasteiger charge is -2.37. The minimum Gasteiger partial charge on any atom is -0.462 e. The summed E-state index contributed by atoms with van der Waals surface area (Å²) in [6, 6.07) is 10.4. The van der Waals surface area contributed by atoms with E-state index < -0.39 is 5.97 Å². The highest BCUT2D eigenvalue weighted by molar-refractivity contribution is 7.89. The summed E-state index contributed by atoms with van der Waals surface area (Å²) < 4.78 is 4.97. The lowest BCUT2D eigenvalue weighted by Crippen LogP contribution is -2.52. The van der Waals surface area contributed by atoms with Crippen molar-refractivity contribution in [3.63, 3.8) is 0 Å². The summed E-state index contributed by atoms with van der Waals surface area (Å²) in [4.78, 5) is 33.1. The minimum absolute atomic E-state index is 0.229. The topological polar surface area (TPSA) is 74.8 Å². The number of rotatable bonds is 4. The average molecular weight is 477 g/mol. The van der Waals surface area contributed by atoms with Gasteiger partial charge in [-0.2, -0.15) is 0 Å². The van der Waals surface area contributed by atoms with Gasteiger partial charge in [-0.15, -0.1) is 0 Å². The van der Waals surface area contributed by atoms with Crippen LogP contribution in [0.4, 0.5) is 5.82 Å². The molecule has 1 N–H and O–H groups in total. The van der Waals surface area contributed by atoms with Crippen LogP contribution in [0.5, 0.6) is 0 Å². The fourth-order valence-electron chi connectivity index (χ4n) is 3.07. The Morgan fingerprint density at radius 1 is 1.13 bits per heavy atom. The Bertz CT molecular complexity index is 995. The molecule has 10 heteroatoms. The van der Waals surface area contributed by atoms with Crippen LogP contribution in [-0.4, -0.2) is 64.5 Å². The van der Waals surface area contributed by atoms with Gasteiger partial charge in [0, 0.05) is 37.9 Å². The normalized spacial score (nSPS) is 13.5. The molecule has 0 spiro atoms. The van der Waals surface area contributed by atoms with E-state index in [0.717, 1.165) is 0 Å². The van der Waals surface area contributed by atoms with E-state index in [4.69, 9.17) is 40.8 Å². The molecule has 1 fully saturated rings. The predicted octanol–water partition coefficient (Wildman–Crippen LogP) is 3.12. The van der Waals surface area contributed by atoms with E-state index in [0.29, 0.717) is 53.1 Å². The van der Waals surface area contributed by atoms with Crippen LogP contribution in [0.3, 0.4) is 0 Å². The Labute approximate surface area is 196 Å². The molecule has 1 saturated heterocycles. The fraction of sp³-hybridized carbons (Fsp3) is 0.286. The number of hydrogen-bond donors (Lipinski definition) is 1. The summed E-state index contributed by atoms with van der Waals surface area (Å²) >= 11 is 17.2. The Balaban J connectivity index is 1.56. The second-order valence-electron chi connectivity index (χ2n) is 6.68. The first-order valence-electron chi connectivity index (χ1n) is 9.68. The second kappa shape index (κ2) is 10.6. The largest absolute Gasteiger partial charge is 0.462 e. The molecule has 0 unspecified atom stereocenters. The zero-order valence-corrected chi connectivity index (χ0v) is 19.2. The number of hydrogen-bond acceptors (Lipinski definition) is 7. The maximum Gasteiger partial charge on any atom is 0.339 e. The third kappa shape index (κ3) is 5.75. The number of aromatic nitrogens is 1. The van der Waals surface area contributed by atoms with Gasteiger partial charge in [0.2, 0.25) is 0 Å². The lowest BCUT2D eigenvalue weighted by molar-refractivity contribution is 0.0525. The van der Waals surface area contributed by atoms with Crippen molar-refractivity contribution < 1.29 is 14.3 Å². The molecule has 31 heavy (non-hydrogen) atoms. The van der Waals surface area contributed by atoms with E-state index in [1.807, 2.05) is 15.9 Å². The number of ether oxygens (including phenoxy) is 1. The van der Waals surface area contributed by atoms with Gasteiger partial charge in [-0.3, -0.25) is 4.79 Å². The van der Waals surface area contributed by atoms with E-state index in [-0.39, 0.29) is 17.5 Å². The number of benzene rings is 1. The van der Waals surface area contributed by atoms with Gasteiger partial charge in [-0.25, -0.2) is 9.78 Å². The van der Waals surface area contributed by atoms with Crippen molar-refractivity contribution in [2.24, 2.45) is 0 Å². The number of esters is 1. The minimum atomic E-state index is -0.454. The number of nitrogens with zero attached hydrogens (tertiary/aromatic N) is 3. The van der Waals surface area contributed by atoms with Gasteiger partial charge in [0.15, 0.2) is 0 Å². The van der Waals surface area contributed by atoms with E-state index in [2.05, 4.69) is 10.3 Å². The number of anilines is 1. The molecule has 1 aliphatic rings. The lowest BCUT2D eigenvalue weighted by atomic mass is 10.2. The van der Waals surface area contributed by atoms with Crippen molar-refractivity contribution in [1.82, 2.24) is 15.2 Å². The van der Waals surface area contributed by atoms with Crippen LogP contribution in [0.25, 0.3) is 0 Å². The monoisotopic (exact) mass is 476 g/mol. The Morgan fingerprint density at radius 3 is 2.42 bits per heavy atom. The quantitative estimate of drug-likeness (QED) is 0.533. The van der Waals surface area contributed by atoms with Crippen molar-refractivity contribution in [3.05, 3.63) is 58.7 Å². The molecule has 0 saturated carbocycles.